The van der Waals surface area contributed by atoms with Gasteiger partial charge in [0.1, 0.15) is 5.82 Å². The second-order valence-corrected chi connectivity index (χ2v) is 3.99. The molecule has 0 fully saturated rings. The Morgan fingerprint density at radius 1 is 1.54 bits per heavy atom. The highest BCUT2D eigenvalue weighted by Crippen LogP contribution is 2.27. The van der Waals surface area contributed by atoms with Gasteiger partial charge >= 0.3 is 6.01 Å². The normalized spacial score (nSPS) is 10.1. The van der Waals surface area contributed by atoms with Crippen molar-refractivity contribution < 1.29 is 5.11 Å². The smallest absolute Gasteiger partial charge is 0.315 e. The van der Waals surface area contributed by atoms with Crippen LogP contribution in [0.4, 0.5) is 5.82 Å². The molecule has 1 aromatic rings. The van der Waals surface area contributed by atoms with Crippen molar-refractivity contribution in [2.45, 2.75) is 11.8 Å². The maximum Gasteiger partial charge on any atom is 0.315 e. The van der Waals surface area contributed by atoms with E-state index in [4.69, 9.17) is 5.11 Å². The molecule has 0 aliphatic heterocycles. The van der Waals surface area contributed by atoms with E-state index in [-0.39, 0.29) is 6.01 Å². The van der Waals surface area contributed by atoms with Crippen molar-refractivity contribution in [2.75, 3.05) is 24.7 Å². The molecule has 1 rings (SSSR count). The van der Waals surface area contributed by atoms with Crippen LogP contribution in [0.25, 0.3) is 0 Å². The van der Waals surface area contributed by atoms with Crippen molar-refractivity contribution in [3.8, 4) is 6.01 Å². The minimum atomic E-state index is -0.177. The van der Waals surface area contributed by atoms with Crippen LogP contribution < -0.4 is 4.90 Å². The number of thioether (sulfide) groups is 1. The van der Waals surface area contributed by atoms with E-state index in [1.807, 2.05) is 19.0 Å². The van der Waals surface area contributed by atoms with Gasteiger partial charge in [-0.2, -0.15) is 4.98 Å². The summed E-state index contributed by atoms with van der Waals surface area (Å²) in [6, 6.07) is -0.177. The Balaban J connectivity index is 3.03. The molecule has 0 spiro atoms. The van der Waals surface area contributed by atoms with Crippen LogP contribution in [0.5, 0.6) is 6.01 Å². The first-order valence-electron chi connectivity index (χ1n) is 4.01. The molecule has 0 aromatic carbocycles. The summed E-state index contributed by atoms with van der Waals surface area (Å²) in [4.78, 5) is 10.5. The lowest BCUT2D eigenvalue weighted by Crippen LogP contribution is -2.12. The molecule has 5 heteroatoms. The van der Waals surface area contributed by atoms with E-state index >= 15 is 0 Å². The summed E-state index contributed by atoms with van der Waals surface area (Å²) in [6.45, 7) is 2.07. The van der Waals surface area contributed by atoms with E-state index in [1.54, 1.807) is 18.0 Å². The van der Waals surface area contributed by atoms with Gasteiger partial charge in [0.2, 0.25) is 0 Å². The van der Waals surface area contributed by atoms with Crippen LogP contribution in [0.1, 0.15) is 6.92 Å². The number of nitrogens with zero attached hydrogens (tertiary/aromatic N) is 3. The number of rotatable bonds is 3. The number of aromatic hydroxyl groups is 1. The van der Waals surface area contributed by atoms with E-state index in [0.29, 0.717) is 0 Å². The predicted molar refractivity (Wildman–Crippen MR) is 54.4 cm³/mol. The standard InChI is InChI=1S/C8H13N3OS/c1-4-13-6-5-9-8(12)10-7(6)11(2)3/h5H,4H2,1-3H3,(H,9,10,12). The number of anilines is 1. The Labute approximate surface area is 82.0 Å². The van der Waals surface area contributed by atoms with Gasteiger partial charge in [0, 0.05) is 20.3 Å². The summed E-state index contributed by atoms with van der Waals surface area (Å²) >= 11 is 1.66. The molecule has 0 bridgehead atoms. The molecule has 0 aliphatic rings. The average Bonchev–Trinajstić information content (AvgIpc) is 2.08. The molecule has 0 aliphatic carbocycles. The molecule has 13 heavy (non-hydrogen) atoms. The van der Waals surface area contributed by atoms with Crippen molar-refractivity contribution in [3.05, 3.63) is 6.20 Å². The van der Waals surface area contributed by atoms with Crippen LogP contribution in [0.2, 0.25) is 0 Å². The van der Waals surface area contributed by atoms with Crippen LogP contribution in [0.3, 0.4) is 0 Å². The van der Waals surface area contributed by atoms with Crippen molar-refractivity contribution in [3.63, 3.8) is 0 Å². The van der Waals surface area contributed by atoms with Crippen LogP contribution in [-0.4, -0.2) is 34.9 Å². The highest BCUT2D eigenvalue weighted by atomic mass is 32.2. The summed E-state index contributed by atoms with van der Waals surface area (Å²) in [5.41, 5.74) is 0. The predicted octanol–water partition coefficient (Wildman–Crippen LogP) is 1.36. The van der Waals surface area contributed by atoms with Crippen molar-refractivity contribution in [1.29, 1.82) is 0 Å². The average molecular weight is 199 g/mol. The van der Waals surface area contributed by atoms with Crippen LogP contribution in [-0.2, 0) is 0 Å². The van der Waals surface area contributed by atoms with Gasteiger partial charge in [0.05, 0.1) is 4.90 Å². The third-order valence-electron chi connectivity index (χ3n) is 1.45. The number of aromatic nitrogens is 2. The molecule has 0 amide bonds. The molecular weight excluding hydrogens is 186 g/mol. The summed E-state index contributed by atoms with van der Waals surface area (Å²) in [6.07, 6.45) is 1.64. The quantitative estimate of drug-likeness (QED) is 0.745. The molecule has 0 unspecified atom stereocenters. The second-order valence-electron chi connectivity index (χ2n) is 2.69. The topological polar surface area (TPSA) is 49.3 Å². The van der Waals surface area contributed by atoms with Gasteiger partial charge in [-0.3, -0.25) is 0 Å². The number of hydrogen-bond donors (Lipinski definition) is 1. The molecule has 0 saturated heterocycles. The molecule has 1 heterocycles. The summed E-state index contributed by atoms with van der Waals surface area (Å²) < 4.78 is 0. The minimum absolute atomic E-state index is 0.177. The SMILES string of the molecule is CCSc1cnc(O)nc1N(C)C. The molecule has 4 nitrogen and oxygen atoms in total. The third kappa shape index (κ3) is 2.48. The maximum absolute atomic E-state index is 9.10. The molecule has 72 valence electrons. The number of hydrogen-bond acceptors (Lipinski definition) is 5. The fraction of sp³-hybridized carbons (Fsp3) is 0.500. The Morgan fingerprint density at radius 3 is 2.77 bits per heavy atom. The van der Waals surface area contributed by atoms with Crippen LogP contribution >= 0.6 is 11.8 Å². The Hall–Kier alpha value is -0.970. The first kappa shape index (κ1) is 10.1. The van der Waals surface area contributed by atoms with Gasteiger partial charge in [-0.1, -0.05) is 6.92 Å². The monoisotopic (exact) mass is 199 g/mol. The lowest BCUT2D eigenvalue weighted by Gasteiger charge is -2.14. The fourth-order valence-electron chi connectivity index (χ4n) is 0.930. The summed E-state index contributed by atoms with van der Waals surface area (Å²) in [7, 11) is 3.78. The maximum atomic E-state index is 9.10. The Kier molecular flexibility index (Phi) is 3.36. The first-order chi connectivity index (χ1) is 6.15. The van der Waals surface area contributed by atoms with Crippen LogP contribution in [0.15, 0.2) is 11.1 Å². The molecule has 1 N–H and O–H groups in total. The van der Waals surface area contributed by atoms with Crippen molar-refractivity contribution in [1.82, 2.24) is 9.97 Å². The fourth-order valence-corrected chi connectivity index (χ4v) is 1.73. The van der Waals surface area contributed by atoms with Gasteiger partial charge in [0.15, 0.2) is 0 Å². The van der Waals surface area contributed by atoms with E-state index in [2.05, 4.69) is 16.9 Å². The van der Waals surface area contributed by atoms with E-state index < -0.39 is 0 Å². The highest BCUT2D eigenvalue weighted by Gasteiger charge is 2.07. The van der Waals surface area contributed by atoms with Gasteiger partial charge in [-0.25, -0.2) is 4.98 Å². The largest absolute Gasteiger partial charge is 0.479 e. The van der Waals surface area contributed by atoms with Gasteiger partial charge in [0.25, 0.3) is 0 Å². The Morgan fingerprint density at radius 2 is 2.23 bits per heavy atom. The van der Waals surface area contributed by atoms with Crippen molar-refractivity contribution in [2.24, 2.45) is 0 Å². The molecule has 0 atom stereocenters. The lowest BCUT2D eigenvalue weighted by atomic mass is 10.5. The highest BCUT2D eigenvalue weighted by molar-refractivity contribution is 7.99. The van der Waals surface area contributed by atoms with Gasteiger partial charge in [-0.15, -0.1) is 11.8 Å². The van der Waals surface area contributed by atoms with E-state index in [0.717, 1.165) is 16.5 Å². The first-order valence-corrected chi connectivity index (χ1v) is 4.99. The summed E-state index contributed by atoms with van der Waals surface area (Å²) in [5, 5.41) is 9.10. The molecule has 1 aromatic heterocycles. The molecule has 0 radical (unpaired) electrons. The molecule has 0 saturated carbocycles. The van der Waals surface area contributed by atoms with E-state index in [1.165, 1.54) is 0 Å². The zero-order valence-electron chi connectivity index (χ0n) is 7.98. The van der Waals surface area contributed by atoms with Crippen molar-refractivity contribution >= 4 is 17.6 Å². The third-order valence-corrected chi connectivity index (χ3v) is 2.33. The van der Waals surface area contributed by atoms with Gasteiger partial charge < -0.3 is 10.0 Å². The zero-order chi connectivity index (χ0) is 9.84. The minimum Gasteiger partial charge on any atom is -0.479 e. The van der Waals surface area contributed by atoms with Crippen LogP contribution in [0, 0.1) is 0 Å². The zero-order valence-corrected chi connectivity index (χ0v) is 8.80. The second kappa shape index (κ2) is 4.32. The van der Waals surface area contributed by atoms with Gasteiger partial charge in [-0.05, 0) is 5.75 Å². The van der Waals surface area contributed by atoms with E-state index in [9.17, 15) is 0 Å². The molecular formula is C8H13N3OS. The summed E-state index contributed by atoms with van der Waals surface area (Å²) in [5.74, 6) is 1.73. The lowest BCUT2D eigenvalue weighted by molar-refractivity contribution is 0.429. The Bertz CT molecular complexity index is 291.